The number of hydrogen-bond acceptors (Lipinski definition) is 16. The number of aromatic nitrogens is 6. The van der Waals surface area contributed by atoms with Crippen molar-refractivity contribution in [3.8, 4) is 23.6 Å². The third-order valence-corrected chi connectivity index (χ3v) is 14.2. The SMILES string of the molecule is CCCCCCCCCCCCCCCCCCOC[C@H](COP(=O)(OC[C@@](C#N)(OC)[C@H]1OC(C)(C)O[C@H]1c1ccc2c(N)ncnn12)Oc1ccccc1Cl)OCc1ccc(C#N)c(-n2cncn2)c1. The van der Waals surface area contributed by atoms with Crippen LogP contribution in [0.5, 0.6) is 5.75 Å². The fraction of sp³-hybridized carbons (Fsp3) is 0.577. The summed E-state index contributed by atoms with van der Waals surface area (Å²) in [5.74, 6) is -0.965. The number of methoxy groups -OCH3 is 1. The van der Waals surface area contributed by atoms with Crippen LogP contribution in [0.1, 0.15) is 146 Å². The van der Waals surface area contributed by atoms with E-state index >= 15 is 4.57 Å². The number of rotatable bonds is 34. The van der Waals surface area contributed by atoms with E-state index in [1.54, 1.807) is 66.9 Å². The number of phosphoric acid groups is 1. The van der Waals surface area contributed by atoms with Gasteiger partial charge in [-0.1, -0.05) is 133 Å². The molecular weight excluding hydrogens is 961 g/mol. The molecule has 390 valence electrons. The molecule has 4 heterocycles. The van der Waals surface area contributed by atoms with Crippen molar-refractivity contribution in [3.63, 3.8) is 0 Å². The molecule has 1 aliphatic rings. The minimum Gasteiger partial charge on any atom is -0.402 e. The normalized spacial score (nSPS) is 17.5. The van der Waals surface area contributed by atoms with Crippen LogP contribution in [-0.4, -0.2) is 86.5 Å². The van der Waals surface area contributed by atoms with Crippen LogP contribution < -0.4 is 10.3 Å². The highest BCUT2D eigenvalue weighted by Gasteiger charge is 2.56. The summed E-state index contributed by atoms with van der Waals surface area (Å²) >= 11 is 6.52. The van der Waals surface area contributed by atoms with Crippen LogP contribution >= 0.6 is 19.4 Å². The molecule has 1 saturated heterocycles. The lowest BCUT2D eigenvalue weighted by atomic mass is 9.93. The Labute approximate surface area is 429 Å². The number of anilines is 1. The molecule has 18 nitrogen and oxygen atoms in total. The number of halogens is 1. The first kappa shape index (κ1) is 56.3. The molecule has 0 amide bonds. The van der Waals surface area contributed by atoms with Crippen LogP contribution in [0.4, 0.5) is 5.82 Å². The number of ether oxygens (including phenoxy) is 5. The van der Waals surface area contributed by atoms with Gasteiger partial charge in [-0.05, 0) is 62.2 Å². The second-order valence-electron chi connectivity index (χ2n) is 18.5. The Morgan fingerprint density at radius 3 is 2.21 bits per heavy atom. The number of phosphoric ester groups is 1. The molecule has 0 aliphatic carbocycles. The van der Waals surface area contributed by atoms with Crippen LogP contribution in [0.15, 0.2) is 73.6 Å². The number of fused-ring (bicyclic) bond motifs is 1. The highest BCUT2D eigenvalue weighted by Crippen LogP contribution is 2.53. The van der Waals surface area contributed by atoms with Gasteiger partial charge in [-0.2, -0.15) is 20.7 Å². The number of nitrogen functional groups attached to an aromatic ring is 1. The molecule has 0 bridgehead atoms. The smallest absolute Gasteiger partial charge is 0.402 e. The Morgan fingerprint density at radius 2 is 1.57 bits per heavy atom. The van der Waals surface area contributed by atoms with Gasteiger partial charge in [0, 0.05) is 13.7 Å². The molecule has 2 N–H and O–H groups in total. The zero-order chi connectivity index (χ0) is 51.2. The lowest BCUT2D eigenvalue weighted by Gasteiger charge is -2.33. The van der Waals surface area contributed by atoms with E-state index < -0.39 is 44.1 Å². The summed E-state index contributed by atoms with van der Waals surface area (Å²) in [6.45, 7) is 5.24. The van der Waals surface area contributed by atoms with Gasteiger partial charge in [0.05, 0.1) is 41.8 Å². The van der Waals surface area contributed by atoms with Crippen LogP contribution in [0.2, 0.25) is 5.02 Å². The van der Waals surface area contributed by atoms with E-state index in [2.05, 4.69) is 39.2 Å². The molecule has 20 heteroatoms. The molecular formula is C52H71ClN9O9P. The number of nitrogens with two attached hydrogens (primary N) is 1. The predicted octanol–water partition coefficient (Wildman–Crippen LogP) is 11.6. The number of nitriles is 2. The van der Waals surface area contributed by atoms with Gasteiger partial charge in [0.15, 0.2) is 11.6 Å². The maximum absolute atomic E-state index is 15.0. The van der Waals surface area contributed by atoms with E-state index in [4.69, 9.17) is 54.6 Å². The van der Waals surface area contributed by atoms with Crippen LogP contribution in [0.25, 0.3) is 11.2 Å². The van der Waals surface area contributed by atoms with Gasteiger partial charge in [0.1, 0.15) is 67.3 Å². The lowest BCUT2D eigenvalue weighted by Crippen LogP contribution is -2.50. The Kier molecular flexibility index (Phi) is 22.3. The molecule has 1 fully saturated rings. The fourth-order valence-corrected chi connectivity index (χ4v) is 10.1. The Hall–Kier alpha value is -4.98. The quantitative estimate of drug-likeness (QED) is 0.0298. The molecule has 5 aromatic rings. The third-order valence-electron chi connectivity index (χ3n) is 12.6. The largest absolute Gasteiger partial charge is 0.530 e. The Bertz CT molecular complexity index is 2550. The molecule has 72 heavy (non-hydrogen) atoms. The minimum absolute atomic E-state index is 0.00861. The van der Waals surface area contributed by atoms with Crippen molar-refractivity contribution < 1.29 is 41.8 Å². The molecule has 0 spiro atoms. The first-order chi connectivity index (χ1) is 34.9. The first-order valence-electron chi connectivity index (χ1n) is 25.2. The van der Waals surface area contributed by atoms with Crippen molar-refractivity contribution in [2.45, 2.75) is 160 Å². The van der Waals surface area contributed by atoms with Gasteiger partial charge in [0.25, 0.3) is 0 Å². The van der Waals surface area contributed by atoms with E-state index in [1.165, 1.54) is 120 Å². The predicted molar refractivity (Wildman–Crippen MR) is 272 cm³/mol. The highest BCUT2D eigenvalue weighted by atomic mass is 35.5. The van der Waals surface area contributed by atoms with E-state index in [0.717, 1.165) is 19.3 Å². The maximum atomic E-state index is 15.0. The topological polar surface area (TPSA) is 225 Å². The van der Waals surface area contributed by atoms with Crippen molar-refractivity contribution in [1.29, 1.82) is 10.5 Å². The van der Waals surface area contributed by atoms with Crippen molar-refractivity contribution >= 4 is 30.8 Å². The van der Waals surface area contributed by atoms with Gasteiger partial charge < -0.3 is 33.9 Å². The van der Waals surface area contributed by atoms with Crippen molar-refractivity contribution in [2.75, 3.05) is 39.3 Å². The van der Waals surface area contributed by atoms with Gasteiger partial charge in [0.2, 0.25) is 5.60 Å². The van der Waals surface area contributed by atoms with Crippen LogP contribution in [0.3, 0.4) is 0 Å². The molecule has 1 aliphatic heterocycles. The number of unbranched alkanes of at least 4 members (excludes halogenated alkanes) is 15. The summed E-state index contributed by atoms with van der Waals surface area (Å²) in [5.41, 5.74) is 6.83. The van der Waals surface area contributed by atoms with Gasteiger partial charge in [-0.15, -0.1) is 0 Å². The summed E-state index contributed by atoms with van der Waals surface area (Å²) in [6, 6.07) is 19.5. The molecule has 3 aromatic heterocycles. The average Bonchev–Trinajstić information content (AvgIpc) is 4.15. The van der Waals surface area contributed by atoms with Gasteiger partial charge in [-0.3, -0.25) is 9.05 Å². The van der Waals surface area contributed by atoms with Crippen molar-refractivity contribution in [1.82, 2.24) is 29.4 Å². The lowest BCUT2D eigenvalue weighted by molar-refractivity contribution is -0.171. The van der Waals surface area contributed by atoms with Gasteiger partial charge in [-0.25, -0.2) is 23.7 Å². The second kappa shape index (κ2) is 28.5. The fourth-order valence-electron chi connectivity index (χ4n) is 8.59. The molecule has 5 atom stereocenters. The first-order valence-corrected chi connectivity index (χ1v) is 27.1. The van der Waals surface area contributed by atoms with E-state index in [9.17, 15) is 10.5 Å². The summed E-state index contributed by atoms with van der Waals surface area (Å²) in [5, 5.41) is 29.4. The Morgan fingerprint density at radius 1 is 0.875 bits per heavy atom. The summed E-state index contributed by atoms with van der Waals surface area (Å²) in [7, 11) is -3.40. The molecule has 0 saturated carbocycles. The second-order valence-corrected chi connectivity index (χ2v) is 20.5. The molecule has 0 radical (unpaired) electrons. The van der Waals surface area contributed by atoms with Gasteiger partial charge >= 0.3 is 7.82 Å². The molecule has 2 aromatic carbocycles. The summed E-state index contributed by atoms with van der Waals surface area (Å²) < 4.78 is 67.5. The highest BCUT2D eigenvalue weighted by molar-refractivity contribution is 7.49. The number of para-hydroxylation sites is 1. The summed E-state index contributed by atoms with van der Waals surface area (Å²) in [6.07, 6.45) is 21.5. The monoisotopic (exact) mass is 1030 g/mol. The average molecular weight is 1030 g/mol. The zero-order valence-corrected chi connectivity index (χ0v) is 43.8. The van der Waals surface area contributed by atoms with E-state index in [-0.39, 0.29) is 36.4 Å². The standard InChI is InChI=1S/C52H71ClN9O9P/c1-5-6-7-8-9-10-11-12-13-14-15-16-17-18-19-22-29-65-33-42(66-32-40-25-26-41(31-54)46(30-40)61-39-57-37-59-61)34-67-72(63,71-47-24-21-20-23-43(47)53)68-36-52(35-55,64-4)49-48(69-51(2,3)70-49)44-27-28-45-50(56)58-38-60-62(44)45/h20-21,23-28,30,37-39,42,48-49H,5-19,22,29,32-34,36H2,1-4H3,(H2,56,58,60)/t42-,48+,49+,52-,72?/m1/s1. The Balaban J connectivity index is 1.11. The molecule has 6 rings (SSSR count). The zero-order valence-electron chi connectivity index (χ0n) is 42.2. The van der Waals surface area contributed by atoms with Crippen molar-refractivity contribution in [3.05, 3.63) is 95.4 Å². The van der Waals surface area contributed by atoms with E-state index in [1.807, 2.05) is 0 Å². The van der Waals surface area contributed by atoms with E-state index in [0.29, 0.717) is 34.6 Å². The molecule has 1 unspecified atom stereocenters. The number of hydrogen-bond donors (Lipinski definition) is 1. The number of nitrogens with zero attached hydrogens (tertiary/aromatic N) is 8. The summed E-state index contributed by atoms with van der Waals surface area (Å²) in [4.78, 5) is 8.11. The van der Waals surface area contributed by atoms with Crippen LogP contribution in [-0.2, 0) is 43.9 Å². The van der Waals surface area contributed by atoms with Crippen molar-refractivity contribution in [2.24, 2.45) is 0 Å². The number of benzene rings is 2. The minimum atomic E-state index is -4.71. The maximum Gasteiger partial charge on any atom is 0.530 e. The third kappa shape index (κ3) is 16.3. The van der Waals surface area contributed by atoms with Crippen LogP contribution in [0, 0.1) is 22.7 Å².